The maximum Gasteiger partial charge on any atom is 0.0658 e. The van der Waals surface area contributed by atoms with Gasteiger partial charge in [0, 0.05) is 23.7 Å². The summed E-state index contributed by atoms with van der Waals surface area (Å²) < 4.78 is 0. The van der Waals surface area contributed by atoms with E-state index in [1.54, 1.807) is 0 Å². The van der Waals surface area contributed by atoms with Crippen molar-refractivity contribution < 1.29 is 0 Å². The molecule has 0 saturated heterocycles. The molecule has 24 heavy (non-hydrogen) atoms. The van der Waals surface area contributed by atoms with Crippen LogP contribution in [0.1, 0.15) is 43.4 Å². The highest BCUT2D eigenvalue weighted by molar-refractivity contribution is 5.89. The van der Waals surface area contributed by atoms with Crippen molar-refractivity contribution in [2.24, 2.45) is 10.7 Å². The summed E-state index contributed by atoms with van der Waals surface area (Å²) in [6.45, 7) is 6.21. The van der Waals surface area contributed by atoms with Gasteiger partial charge in [-0.05, 0) is 56.0 Å². The second-order valence-electron chi connectivity index (χ2n) is 6.10. The lowest BCUT2D eigenvalue weighted by Crippen LogP contribution is -2.30. The van der Waals surface area contributed by atoms with Crippen LogP contribution < -0.4 is 5.73 Å². The molecule has 0 amide bonds. The van der Waals surface area contributed by atoms with Crippen molar-refractivity contribution in [3.63, 3.8) is 0 Å². The molecule has 0 aliphatic carbocycles. The van der Waals surface area contributed by atoms with Crippen LogP contribution in [0.5, 0.6) is 0 Å². The van der Waals surface area contributed by atoms with E-state index < -0.39 is 0 Å². The number of hydrogen-bond donors (Lipinski definition) is 1. The van der Waals surface area contributed by atoms with Gasteiger partial charge in [-0.1, -0.05) is 49.1 Å². The van der Waals surface area contributed by atoms with Crippen LogP contribution in [0.2, 0.25) is 0 Å². The molecule has 0 bridgehead atoms. The molecule has 0 aliphatic rings. The Bertz CT molecular complexity index is 763. The Morgan fingerprint density at radius 1 is 1.17 bits per heavy atom. The van der Waals surface area contributed by atoms with Crippen molar-refractivity contribution >= 4 is 11.4 Å². The predicted molar refractivity (Wildman–Crippen MR) is 104 cm³/mol. The number of benzene rings is 2. The van der Waals surface area contributed by atoms with Gasteiger partial charge in [0.1, 0.15) is 0 Å². The molecule has 2 heteroatoms. The predicted octanol–water partition coefficient (Wildman–Crippen LogP) is 4.81. The molecule has 0 spiro atoms. The molecule has 0 saturated carbocycles. The van der Waals surface area contributed by atoms with Crippen LogP contribution in [0.25, 0.3) is 0 Å². The quantitative estimate of drug-likeness (QED) is 0.623. The van der Waals surface area contributed by atoms with Gasteiger partial charge in [-0.15, -0.1) is 0 Å². The molecule has 0 aliphatic heterocycles. The molecule has 0 fully saturated rings. The second-order valence-corrected chi connectivity index (χ2v) is 6.10. The maximum atomic E-state index is 6.35. The first-order chi connectivity index (χ1) is 11.6. The van der Waals surface area contributed by atoms with Crippen molar-refractivity contribution in [2.75, 3.05) is 0 Å². The number of nitrogens with two attached hydrogens (primary N) is 1. The first-order valence-electron chi connectivity index (χ1n) is 8.54. The third-order valence-corrected chi connectivity index (χ3v) is 3.94. The fraction of sp³-hybridized carbons (Fsp3) is 0.318. The lowest BCUT2D eigenvalue weighted by molar-refractivity contribution is 0.844. The summed E-state index contributed by atoms with van der Waals surface area (Å²) in [6, 6.07) is 16.3. The molecule has 2 aromatic rings. The minimum atomic E-state index is -0.0940. The molecule has 2 aromatic carbocycles. The van der Waals surface area contributed by atoms with E-state index in [0.29, 0.717) is 0 Å². The van der Waals surface area contributed by atoms with Gasteiger partial charge in [0.05, 0.1) is 5.69 Å². The number of aliphatic imine (C=N–C) groups is 1. The summed E-state index contributed by atoms with van der Waals surface area (Å²) in [7, 11) is 0. The van der Waals surface area contributed by atoms with E-state index in [1.807, 2.05) is 37.3 Å². The monoisotopic (exact) mass is 318 g/mol. The van der Waals surface area contributed by atoms with Crippen LogP contribution >= 0.6 is 0 Å². The van der Waals surface area contributed by atoms with Gasteiger partial charge < -0.3 is 5.73 Å². The lowest BCUT2D eigenvalue weighted by Gasteiger charge is -2.12. The second kappa shape index (κ2) is 9.05. The van der Waals surface area contributed by atoms with Gasteiger partial charge in [0.2, 0.25) is 0 Å². The normalized spacial score (nSPS) is 12.4. The highest BCUT2D eigenvalue weighted by Gasteiger charge is 2.09. The maximum absolute atomic E-state index is 6.35. The van der Waals surface area contributed by atoms with Crippen molar-refractivity contribution in [1.29, 1.82) is 0 Å². The lowest BCUT2D eigenvalue weighted by atomic mass is 10.0. The molecular weight excluding hydrogens is 292 g/mol. The van der Waals surface area contributed by atoms with E-state index in [0.717, 1.165) is 41.8 Å². The molecule has 2 nitrogen and oxygen atoms in total. The molecular formula is C22H26N2. The number of para-hydroxylation sites is 1. The number of unbranched alkanes of at least 4 members (excludes halogenated alkanes) is 1. The van der Waals surface area contributed by atoms with E-state index in [1.165, 1.54) is 5.56 Å². The van der Waals surface area contributed by atoms with Crippen LogP contribution in [0.15, 0.2) is 53.5 Å². The fourth-order valence-corrected chi connectivity index (χ4v) is 2.43. The van der Waals surface area contributed by atoms with E-state index >= 15 is 0 Å². The minimum Gasteiger partial charge on any atom is -0.323 e. The molecule has 0 aromatic heterocycles. The van der Waals surface area contributed by atoms with Gasteiger partial charge in [-0.3, -0.25) is 4.99 Å². The Labute approximate surface area is 145 Å². The van der Waals surface area contributed by atoms with Crippen LogP contribution in [0.3, 0.4) is 0 Å². The molecule has 0 radical (unpaired) electrons. The summed E-state index contributed by atoms with van der Waals surface area (Å²) in [4.78, 5) is 4.70. The van der Waals surface area contributed by atoms with E-state index in [-0.39, 0.29) is 6.04 Å². The zero-order chi connectivity index (χ0) is 17.4. The summed E-state index contributed by atoms with van der Waals surface area (Å²) in [5.74, 6) is 6.40. The highest BCUT2D eigenvalue weighted by Crippen LogP contribution is 2.18. The first kappa shape index (κ1) is 18.0. The standard InChI is InChI=1S/C22H26N2/c1-4-5-6-11-19-12-9-13-20(15-19)16-21(23)18(3)24-22-14-8-7-10-17(22)2/h7-10,12-15,21H,4-5,16,23H2,1-3H3. The number of rotatable bonds is 5. The largest absolute Gasteiger partial charge is 0.323 e. The van der Waals surface area contributed by atoms with Crippen LogP contribution in [0.4, 0.5) is 5.69 Å². The summed E-state index contributed by atoms with van der Waals surface area (Å²) >= 11 is 0. The van der Waals surface area contributed by atoms with Crippen LogP contribution in [-0.2, 0) is 6.42 Å². The zero-order valence-corrected chi connectivity index (χ0v) is 14.8. The number of nitrogens with zero attached hydrogens (tertiary/aromatic N) is 1. The molecule has 0 heterocycles. The van der Waals surface area contributed by atoms with Gasteiger partial charge in [0.15, 0.2) is 0 Å². The Balaban J connectivity index is 2.09. The summed E-state index contributed by atoms with van der Waals surface area (Å²) in [6.07, 6.45) is 2.79. The molecule has 124 valence electrons. The smallest absolute Gasteiger partial charge is 0.0658 e. The first-order valence-corrected chi connectivity index (χ1v) is 8.54. The van der Waals surface area contributed by atoms with Crippen molar-refractivity contribution in [3.05, 3.63) is 65.2 Å². The van der Waals surface area contributed by atoms with Crippen LogP contribution in [-0.4, -0.2) is 11.8 Å². The third-order valence-electron chi connectivity index (χ3n) is 3.94. The van der Waals surface area contributed by atoms with Crippen molar-refractivity contribution in [2.45, 2.75) is 46.1 Å². The number of hydrogen-bond acceptors (Lipinski definition) is 2. The van der Waals surface area contributed by atoms with Gasteiger partial charge in [0.25, 0.3) is 0 Å². The van der Waals surface area contributed by atoms with Gasteiger partial charge in [-0.2, -0.15) is 0 Å². The summed E-state index contributed by atoms with van der Waals surface area (Å²) in [5, 5.41) is 0. The molecule has 2 rings (SSSR count). The Kier molecular flexibility index (Phi) is 6.78. The SMILES string of the molecule is CCCC#Cc1cccc(CC(N)C(C)=Nc2ccccc2C)c1. The topological polar surface area (TPSA) is 38.4 Å². The Morgan fingerprint density at radius 3 is 2.71 bits per heavy atom. The average Bonchev–Trinajstić information content (AvgIpc) is 2.57. The van der Waals surface area contributed by atoms with Crippen molar-refractivity contribution in [1.82, 2.24) is 0 Å². The van der Waals surface area contributed by atoms with E-state index in [2.05, 4.69) is 43.9 Å². The van der Waals surface area contributed by atoms with E-state index in [9.17, 15) is 0 Å². The Morgan fingerprint density at radius 2 is 1.96 bits per heavy atom. The van der Waals surface area contributed by atoms with Crippen molar-refractivity contribution in [3.8, 4) is 11.8 Å². The minimum absolute atomic E-state index is 0.0940. The highest BCUT2D eigenvalue weighted by atomic mass is 14.8. The molecule has 2 N–H and O–H groups in total. The zero-order valence-electron chi connectivity index (χ0n) is 14.8. The fourth-order valence-electron chi connectivity index (χ4n) is 2.43. The summed E-state index contributed by atoms with van der Waals surface area (Å²) in [5.41, 5.74) is 11.7. The van der Waals surface area contributed by atoms with Gasteiger partial charge >= 0.3 is 0 Å². The molecule has 1 unspecified atom stereocenters. The molecule has 1 atom stereocenters. The number of aryl methyl sites for hydroxylation is 1. The Hall–Kier alpha value is -2.37. The van der Waals surface area contributed by atoms with E-state index in [4.69, 9.17) is 10.7 Å². The average molecular weight is 318 g/mol. The van der Waals surface area contributed by atoms with Crippen LogP contribution in [0, 0.1) is 18.8 Å². The van der Waals surface area contributed by atoms with Gasteiger partial charge in [-0.25, -0.2) is 0 Å². The third kappa shape index (κ3) is 5.37.